The lowest BCUT2D eigenvalue weighted by molar-refractivity contribution is -0.113. The summed E-state index contributed by atoms with van der Waals surface area (Å²) >= 11 is 0. The van der Waals surface area contributed by atoms with Crippen LogP contribution in [0.25, 0.3) is 0 Å². The van der Waals surface area contributed by atoms with Crippen LogP contribution in [-0.2, 0) is 4.79 Å². The van der Waals surface area contributed by atoms with Crippen molar-refractivity contribution in [3.05, 3.63) is 12.8 Å². The van der Waals surface area contributed by atoms with Crippen LogP contribution in [0, 0.1) is 11.3 Å². The smallest absolute Gasteiger partial charge is 0.250 e. The first kappa shape index (κ1) is 11.3. The maximum absolute atomic E-state index is 11.2. The summed E-state index contributed by atoms with van der Waals surface area (Å²) in [6.45, 7) is 12.6. The van der Waals surface area contributed by atoms with Crippen molar-refractivity contribution in [3.63, 3.8) is 0 Å². The zero-order valence-corrected chi connectivity index (χ0v) is 9.71. The largest absolute Gasteiger partial charge is 0.305 e. The van der Waals surface area contributed by atoms with Gasteiger partial charge in [-0.05, 0) is 24.2 Å². The molecule has 1 rings (SSSR count). The number of amides is 1. The monoisotopic (exact) mass is 195 g/mol. The van der Waals surface area contributed by atoms with E-state index in [9.17, 15) is 4.79 Å². The Balaban J connectivity index is 2.29. The Labute approximate surface area is 87.0 Å². The molecule has 0 aromatic carbocycles. The summed E-state index contributed by atoms with van der Waals surface area (Å²) < 4.78 is 0. The van der Waals surface area contributed by atoms with Crippen LogP contribution in [-0.4, -0.2) is 16.8 Å². The molecule has 0 saturated carbocycles. The Morgan fingerprint density at radius 3 is 2.50 bits per heavy atom. The Bertz CT molecular complexity index is 239. The molecule has 0 N–H and O–H groups in total. The van der Waals surface area contributed by atoms with Crippen molar-refractivity contribution in [2.45, 2.75) is 46.6 Å². The minimum Gasteiger partial charge on any atom is -0.305 e. The van der Waals surface area contributed by atoms with Crippen LogP contribution < -0.4 is 0 Å². The van der Waals surface area contributed by atoms with Crippen LogP contribution in [0.5, 0.6) is 0 Å². The molecule has 1 amide bonds. The minimum atomic E-state index is 0.136. The molecule has 0 spiro atoms. The zero-order valence-electron chi connectivity index (χ0n) is 9.71. The molecule has 14 heavy (non-hydrogen) atoms. The average molecular weight is 195 g/mol. The summed E-state index contributed by atoms with van der Waals surface area (Å²) in [5, 5.41) is 0. The van der Waals surface area contributed by atoms with Gasteiger partial charge < -0.3 is 4.90 Å². The van der Waals surface area contributed by atoms with Gasteiger partial charge in [0.25, 0.3) is 0 Å². The van der Waals surface area contributed by atoms with Gasteiger partial charge in [-0.3, -0.25) is 4.79 Å². The molecule has 2 nitrogen and oxygen atoms in total. The van der Waals surface area contributed by atoms with E-state index >= 15 is 0 Å². The molecule has 1 aliphatic heterocycles. The second-order valence-corrected chi connectivity index (χ2v) is 5.29. The maximum Gasteiger partial charge on any atom is 0.250 e. The first-order valence-electron chi connectivity index (χ1n) is 5.32. The summed E-state index contributed by atoms with van der Waals surface area (Å²) in [6, 6.07) is 0.136. The first-order valence-corrected chi connectivity index (χ1v) is 5.32. The average Bonchev–Trinajstić information content (AvgIpc) is 2.70. The summed E-state index contributed by atoms with van der Waals surface area (Å²) in [5.41, 5.74) is 0.344. The van der Waals surface area contributed by atoms with Gasteiger partial charge in [-0.2, -0.15) is 0 Å². The fourth-order valence-electron chi connectivity index (χ4n) is 1.55. The molecule has 1 saturated heterocycles. The van der Waals surface area contributed by atoms with E-state index in [1.807, 2.05) is 0 Å². The highest BCUT2D eigenvalue weighted by Crippen LogP contribution is 2.33. The van der Waals surface area contributed by atoms with Crippen molar-refractivity contribution >= 4 is 5.91 Å². The number of rotatable bonds is 4. The molecule has 1 fully saturated rings. The molecule has 0 aromatic rings. The highest BCUT2D eigenvalue weighted by atomic mass is 16.2. The van der Waals surface area contributed by atoms with E-state index in [1.54, 1.807) is 11.1 Å². The molecule has 2 heteroatoms. The molecule has 0 aliphatic carbocycles. The quantitative estimate of drug-likeness (QED) is 0.632. The molecule has 1 aliphatic rings. The highest BCUT2D eigenvalue weighted by Gasteiger charge is 2.43. The van der Waals surface area contributed by atoms with Crippen LogP contribution in [0.2, 0.25) is 0 Å². The van der Waals surface area contributed by atoms with E-state index < -0.39 is 0 Å². The van der Waals surface area contributed by atoms with Gasteiger partial charge in [0, 0.05) is 6.20 Å². The third-order valence-electron chi connectivity index (χ3n) is 3.36. The normalized spacial score (nSPS) is 23.6. The molecular formula is C12H21NO. The SMILES string of the molecule is C=CN1C(=O)C1CCC(C)C(C)(C)C. The van der Waals surface area contributed by atoms with Gasteiger partial charge in [-0.1, -0.05) is 34.3 Å². The maximum atomic E-state index is 11.2. The minimum absolute atomic E-state index is 0.136. The third kappa shape index (κ3) is 2.37. The third-order valence-corrected chi connectivity index (χ3v) is 3.36. The van der Waals surface area contributed by atoms with Gasteiger partial charge in [0.2, 0.25) is 5.91 Å². The first-order chi connectivity index (χ1) is 6.38. The topological polar surface area (TPSA) is 20.1 Å². The second kappa shape index (κ2) is 3.76. The Morgan fingerprint density at radius 2 is 2.14 bits per heavy atom. The molecule has 2 unspecified atom stereocenters. The van der Waals surface area contributed by atoms with Gasteiger partial charge in [0.05, 0.1) is 0 Å². The fraction of sp³-hybridized carbons (Fsp3) is 0.750. The Hall–Kier alpha value is -0.790. The van der Waals surface area contributed by atoms with Gasteiger partial charge in [-0.25, -0.2) is 0 Å². The van der Waals surface area contributed by atoms with Crippen molar-refractivity contribution < 1.29 is 4.79 Å². The van der Waals surface area contributed by atoms with Crippen molar-refractivity contribution in [1.29, 1.82) is 0 Å². The summed E-state index contributed by atoms with van der Waals surface area (Å²) in [5.74, 6) is 0.892. The Kier molecular flexibility index (Phi) is 3.03. The standard InChI is InChI=1S/C12H21NO/c1-6-13-10(11(13)14)8-7-9(2)12(3,4)5/h6,9-10H,1,7-8H2,2-5H3. The van der Waals surface area contributed by atoms with Crippen LogP contribution in [0.15, 0.2) is 12.8 Å². The van der Waals surface area contributed by atoms with Gasteiger partial charge in [0.15, 0.2) is 0 Å². The van der Waals surface area contributed by atoms with Crippen molar-refractivity contribution in [2.75, 3.05) is 0 Å². The molecule has 1 heterocycles. The predicted molar refractivity (Wildman–Crippen MR) is 58.7 cm³/mol. The molecule has 80 valence electrons. The van der Waals surface area contributed by atoms with E-state index in [2.05, 4.69) is 34.3 Å². The van der Waals surface area contributed by atoms with Crippen molar-refractivity contribution in [2.24, 2.45) is 11.3 Å². The van der Waals surface area contributed by atoms with Crippen LogP contribution in [0.1, 0.15) is 40.5 Å². The fourth-order valence-corrected chi connectivity index (χ4v) is 1.55. The molecule has 0 aromatic heterocycles. The predicted octanol–water partition coefficient (Wildman–Crippen LogP) is 2.80. The number of carbonyl (C=O) groups excluding carboxylic acids is 1. The number of hydrogen-bond acceptors (Lipinski definition) is 1. The number of carbonyl (C=O) groups is 1. The second-order valence-electron chi connectivity index (χ2n) is 5.29. The molecule has 0 radical (unpaired) electrons. The van der Waals surface area contributed by atoms with Crippen molar-refractivity contribution in [3.8, 4) is 0 Å². The van der Waals surface area contributed by atoms with E-state index in [-0.39, 0.29) is 11.9 Å². The van der Waals surface area contributed by atoms with Crippen LogP contribution in [0.3, 0.4) is 0 Å². The van der Waals surface area contributed by atoms with E-state index in [0.29, 0.717) is 11.3 Å². The summed E-state index contributed by atoms with van der Waals surface area (Å²) in [6.07, 6.45) is 3.72. The van der Waals surface area contributed by atoms with Gasteiger partial charge in [-0.15, -0.1) is 0 Å². The lowest BCUT2D eigenvalue weighted by Crippen LogP contribution is -2.17. The lowest BCUT2D eigenvalue weighted by Gasteiger charge is -2.26. The van der Waals surface area contributed by atoms with Gasteiger partial charge >= 0.3 is 0 Å². The van der Waals surface area contributed by atoms with E-state index in [0.717, 1.165) is 12.8 Å². The zero-order chi connectivity index (χ0) is 10.9. The molecule has 0 bridgehead atoms. The molecular weight excluding hydrogens is 174 g/mol. The van der Waals surface area contributed by atoms with E-state index in [1.165, 1.54) is 0 Å². The number of hydrogen-bond donors (Lipinski definition) is 0. The lowest BCUT2D eigenvalue weighted by atomic mass is 9.79. The molecule has 2 atom stereocenters. The Morgan fingerprint density at radius 1 is 1.57 bits per heavy atom. The van der Waals surface area contributed by atoms with Crippen LogP contribution >= 0.6 is 0 Å². The summed E-state index contributed by atoms with van der Waals surface area (Å²) in [4.78, 5) is 12.9. The van der Waals surface area contributed by atoms with Crippen LogP contribution in [0.4, 0.5) is 0 Å². The van der Waals surface area contributed by atoms with Crippen molar-refractivity contribution in [1.82, 2.24) is 4.90 Å². The summed E-state index contributed by atoms with van der Waals surface area (Å²) in [7, 11) is 0. The highest BCUT2D eigenvalue weighted by molar-refractivity contribution is 5.97. The number of nitrogens with zero attached hydrogens (tertiary/aromatic N) is 1. The van der Waals surface area contributed by atoms with E-state index in [4.69, 9.17) is 0 Å². The van der Waals surface area contributed by atoms with Gasteiger partial charge in [0.1, 0.15) is 6.04 Å².